The fraction of sp³-hybridized carbons (Fsp3) is 0.714. The highest BCUT2D eigenvalue weighted by Crippen LogP contribution is 1.96. The van der Waals surface area contributed by atoms with Gasteiger partial charge in [0, 0.05) is 19.6 Å². The van der Waals surface area contributed by atoms with E-state index in [9.17, 15) is 4.79 Å². The highest BCUT2D eigenvalue weighted by Gasteiger charge is 2.09. The standard InChI is InChI=1S/C7H16N4O2/c1-11(7(9)10)3-2-5(8)4-6(12)13/h5H,2-4,8H2,1H3,(H3,9,10)(H,12,13)/t5-/m0/s1. The summed E-state index contributed by atoms with van der Waals surface area (Å²) < 4.78 is 0. The van der Waals surface area contributed by atoms with E-state index in [0.29, 0.717) is 13.0 Å². The third-order valence-electron chi connectivity index (χ3n) is 1.68. The summed E-state index contributed by atoms with van der Waals surface area (Å²) in [6.07, 6.45) is 0.466. The molecule has 0 aliphatic carbocycles. The van der Waals surface area contributed by atoms with Crippen LogP contribution in [0, 0.1) is 5.41 Å². The van der Waals surface area contributed by atoms with Crippen molar-refractivity contribution in [1.82, 2.24) is 4.90 Å². The molecule has 0 heterocycles. The van der Waals surface area contributed by atoms with E-state index in [4.69, 9.17) is 22.0 Å². The first-order valence-electron chi connectivity index (χ1n) is 3.96. The van der Waals surface area contributed by atoms with Gasteiger partial charge >= 0.3 is 5.97 Å². The van der Waals surface area contributed by atoms with Crippen molar-refractivity contribution in [2.75, 3.05) is 13.6 Å². The molecule has 13 heavy (non-hydrogen) atoms. The van der Waals surface area contributed by atoms with Crippen LogP contribution in [0.1, 0.15) is 12.8 Å². The van der Waals surface area contributed by atoms with Crippen LogP contribution in [0.5, 0.6) is 0 Å². The Balaban J connectivity index is 3.63. The molecule has 0 unspecified atom stereocenters. The third kappa shape index (κ3) is 5.92. The van der Waals surface area contributed by atoms with E-state index in [1.54, 1.807) is 7.05 Å². The second-order valence-corrected chi connectivity index (χ2v) is 2.95. The fourth-order valence-electron chi connectivity index (χ4n) is 0.806. The summed E-state index contributed by atoms with van der Waals surface area (Å²) in [5.41, 5.74) is 10.7. The van der Waals surface area contributed by atoms with E-state index in [1.165, 1.54) is 4.90 Å². The lowest BCUT2D eigenvalue weighted by atomic mass is 10.1. The first-order valence-corrected chi connectivity index (χ1v) is 3.96. The number of carboxylic acids is 1. The molecule has 0 aliphatic rings. The lowest BCUT2D eigenvalue weighted by Crippen LogP contribution is -2.36. The van der Waals surface area contributed by atoms with E-state index in [1.807, 2.05) is 0 Å². The maximum Gasteiger partial charge on any atom is 0.304 e. The second-order valence-electron chi connectivity index (χ2n) is 2.95. The van der Waals surface area contributed by atoms with Crippen molar-refractivity contribution < 1.29 is 9.90 Å². The Morgan fingerprint density at radius 3 is 2.62 bits per heavy atom. The summed E-state index contributed by atoms with van der Waals surface area (Å²) in [5, 5.41) is 15.4. The molecule has 0 aromatic heterocycles. The molecule has 0 bridgehead atoms. The summed E-state index contributed by atoms with van der Waals surface area (Å²) in [5.74, 6) is -0.944. The van der Waals surface area contributed by atoms with E-state index >= 15 is 0 Å². The largest absolute Gasteiger partial charge is 0.481 e. The molecular formula is C7H16N4O2. The lowest BCUT2D eigenvalue weighted by molar-refractivity contribution is -0.137. The molecule has 0 saturated carbocycles. The molecule has 0 spiro atoms. The predicted molar refractivity (Wildman–Crippen MR) is 49.4 cm³/mol. The highest BCUT2D eigenvalue weighted by atomic mass is 16.4. The minimum absolute atomic E-state index is 0.0393. The minimum Gasteiger partial charge on any atom is -0.481 e. The Morgan fingerprint density at radius 1 is 1.69 bits per heavy atom. The Labute approximate surface area is 77.0 Å². The fourth-order valence-corrected chi connectivity index (χ4v) is 0.806. The smallest absolute Gasteiger partial charge is 0.304 e. The molecular weight excluding hydrogens is 172 g/mol. The molecule has 76 valence electrons. The third-order valence-corrected chi connectivity index (χ3v) is 1.68. The van der Waals surface area contributed by atoms with Crippen molar-refractivity contribution in [3.05, 3.63) is 0 Å². The zero-order chi connectivity index (χ0) is 10.4. The summed E-state index contributed by atoms with van der Waals surface area (Å²) in [6.45, 7) is 0.504. The van der Waals surface area contributed by atoms with Gasteiger partial charge in [0.2, 0.25) is 0 Å². The van der Waals surface area contributed by atoms with Crippen molar-refractivity contribution in [2.24, 2.45) is 11.5 Å². The van der Waals surface area contributed by atoms with Crippen molar-refractivity contribution in [3.63, 3.8) is 0 Å². The van der Waals surface area contributed by atoms with Crippen LogP contribution in [-0.2, 0) is 4.79 Å². The average Bonchev–Trinajstić information content (AvgIpc) is 1.98. The molecule has 0 radical (unpaired) electrons. The summed E-state index contributed by atoms with van der Waals surface area (Å²) >= 11 is 0. The lowest BCUT2D eigenvalue weighted by Gasteiger charge is -2.18. The van der Waals surface area contributed by atoms with Gasteiger partial charge in [-0.25, -0.2) is 0 Å². The molecule has 6 heteroatoms. The van der Waals surface area contributed by atoms with E-state index < -0.39 is 5.97 Å². The zero-order valence-corrected chi connectivity index (χ0v) is 7.66. The number of carbonyl (C=O) groups is 1. The van der Waals surface area contributed by atoms with Crippen LogP contribution < -0.4 is 11.5 Å². The number of nitrogens with one attached hydrogen (secondary N) is 1. The van der Waals surface area contributed by atoms with Gasteiger partial charge in [0.15, 0.2) is 5.96 Å². The normalized spacial score (nSPS) is 12.2. The van der Waals surface area contributed by atoms with E-state index in [-0.39, 0.29) is 18.4 Å². The molecule has 0 aromatic rings. The number of rotatable bonds is 5. The van der Waals surface area contributed by atoms with E-state index in [2.05, 4.69) is 0 Å². The molecule has 0 amide bonds. The van der Waals surface area contributed by atoms with Crippen molar-refractivity contribution in [1.29, 1.82) is 5.41 Å². The van der Waals surface area contributed by atoms with Gasteiger partial charge in [-0.3, -0.25) is 10.2 Å². The highest BCUT2D eigenvalue weighted by molar-refractivity contribution is 5.74. The van der Waals surface area contributed by atoms with Gasteiger partial charge in [-0.2, -0.15) is 0 Å². The van der Waals surface area contributed by atoms with Crippen molar-refractivity contribution in [2.45, 2.75) is 18.9 Å². The topological polar surface area (TPSA) is 116 Å². The molecule has 0 fully saturated rings. The number of nitrogens with zero attached hydrogens (tertiary/aromatic N) is 1. The Hall–Kier alpha value is -1.30. The first-order chi connectivity index (χ1) is 5.93. The SMILES string of the molecule is CN(CC[C@H](N)CC(=O)O)C(=N)N. The van der Waals surface area contributed by atoms with Crippen LogP contribution in [0.3, 0.4) is 0 Å². The number of hydrogen-bond acceptors (Lipinski definition) is 3. The summed E-state index contributed by atoms with van der Waals surface area (Å²) in [7, 11) is 1.66. The molecule has 0 aromatic carbocycles. The Kier molecular flexibility index (Phi) is 4.83. The quantitative estimate of drug-likeness (QED) is 0.326. The van der Waals surface area contributed by atoms with Crippen molar-refractivity contribution >= 4 is 11.9 Å². The van der Waals surface area contributed by atoms with Gasteiger partial charge in [0.1, 0.15) is 0 Å². The molecule has 6 nitrogen and oxygen atoms in total. The number of nitrogens with two attached hydrogens (primary N) is 2. The maximum absolute atomic E-state index is 10.2. The predicted octanol–water partition coefficient (Wildman–Crippen LogP) is -0.996. The van der Waals surface area contributed by atoms with Crippen LogP contribution in [-0.4, -0.2) is 41.6 Å². The van der Waals surface area contributed by atoms with E-state index in [0.717, 1.165) is 0 Å². The molecule has 0 rings (SSSR count). The number of carboxylic acid groups (broad SMARTS) is 1. The van der Waals surface area contributed by atoms with Crippen molar-refractivity contribution in [3.8, 4) is 0 Å². The first kappa shape index (κ1) is 11.7. The van der Waals surface area contributed by atoms with Crippen LogP contribution >= 0.6 is 0 Å². The second kappa shape index (κ2) is 5.36. The molecule has 0 aliphatic heterocycles. The summed E-state index contributed by atoms with van der Waals surface area (Å²) in [4.78, 5) is 11.7. The number of guanidine groups is 1. The Morgan fingerprint density at radius 2 is 2.23 bits per heavy atom. The molecule has 0 saturated heterocycles. The van der Waals surface area contributed by atoms with Gasteiger partial charge in [-0.05, 0) is 6.42 Å². The van der Waals surface area contributed by atoms with Crippen LogP contribution in [0.2, 0.25) is 0 Å². The van der Waals surface area contributed by atoms with Gasteiger partial charge < -0.3 is 21.5 Å². The Bertz CT molecular complexity index is 195. The number of aliphatic carboxylic acids is 1. The summed E-state index contributed by atoms with van der Waals surface area (Å²) in [6, 6.07) is -0.376. The van der Waals surface area contributed by atoms with Crippen LogP contribution in [0.4, 0.5) is 0 Å². The maximum atomic E-state index is 10.2. The average molecular weight is 188 g/mol. The van der Waals surface area contributed by atoms with Gasteiger partial charge in [0.05, 0.1) is 6.42 Å². The zero-order valence-electron chi connectivity index (χ0n) is 7.66. The van der Waals surface area contributed by atoms with Gasteiger partial charge in [-0.1, -0.05) is 0 Å². The number of hydrogen-bond donors (Lipinski definition) is 4. The monoisotopic (exact) mass is 188 g/mol. The van der Waals surface area contributed by atoms with Crippen LogP contribution in [0.25, 0.3) is 0 Å². The molecule has 1 atom stereocenters. The van der Waals surface area contributed by atoms with Crippen LogP contribution in [0.15, 0.2) is 0 Å². The van der Waals surface area contributed by atoms with Gasteiger partial charge in [0.25, 0.3) is 0 Å². The molecule has 6 N–H and O–H groups in total. The van der Waals surface area contributed by atoms with Gasteiger partial charge in [-0.15, -0.1) is 0 Å². The minimum atomic E-state index is -0.905.